The van der Waals surface area contributed by atoms with Crippen LogP contribution in [0.4, 0.5) is 5.69 Å². The zero-order chi connectivity index (χ0) is 13.9. The first-order chi connectivity index (χ1) is 9.72. The van der Waals surface area contributed by atoms with Crippen molar-refractivity contribution in [3.05, 3.63) is 58.1 Å². The van der Waals surface area contributed by atoms with Crippen LogP contribution in [0.25, 0.3) is 10.2 Å². The van der Waals surface area contributed by atoms with Crippen molar-refractivity contribution in [3.8, 4) is 0 Å². The van der Waals surface area contributed by atoms with E-state index in [0.717, 1.165) is 38.9 Å². The predicted molar refractivity (Wildman–Crippen MR) is 88.0 cm³/mol. The molecule has 2 aromatic carbocycles. The minimum Gasteiger partial charge on any atom is -0.385 e. The number of halogens is 1. The third-order valence-corrected chi connectivity index (χ3v) is 4.72. The van der Waals surface area contributed by atoms with Gasteiger partial charge in [-0.05, 0) is 31.2 Å². The minimum atomic E-state index is 0.790. The Bertz CT molecular complexity index is 719. The van der Waals surface area contributed by atoms with Crippen molar-refractivity contribution >= 4 is 38.8 Å². The van der Waals surface area contributed by atoms with E-state index in [1.807, 2.05) is 18.2 Å². The monoisotopic (exact) mass is 302 g/mol. The molecule has 1 aromatic heterocycles. The Balaban J connectivity index is 1.65. The van der Waals surface area contributed by atoms with E-state index < -0.39 is 0 Å². The molecule has 0 atom stereocenters. The Morgan fingerprint density at radius 1 is 1.15 bits per heavy atom. The second-order valence-electron chi connectivity index (χ2n) is 4.74. The van der Waals surface area contributed by atoms with E-state index in [2.05, 4.69) is 41.5 Å². The summed E-state index contributed by atoms with van der Waals surface area (Å²) in [7, 11) is 0. The lowest BCUT2D eigenvalue weighted by molar-refractivity contribution is 1.00. The summed E-state index contributed by atoms with van der Waals surface area (Å²) in [5.74, 6) is 0. The number of thiazole rings is 1. The average Bonchev–Trinajstić information content (AvgIpc) is 2.85. The number of aryl methyl sites for hydroxylation is 1. The molecule has 0 spiro atoms. The van der Waals surface area contributed by atoms with E-state index in [0.29, 0.717) is 0 Å². The summed E-state index contributed by atoms with van der Waals surface area (Å²) in [6.07, 6.45) is 0.906. The van der Waals surface area contributed by atoms with Crippen LogP contribution >= 0.6 is 22.9 Å². The van der Waals surface area contributed by atoms with E-state index in [9.17, 15) is 0 Å². The molecular formula is C16H15ClN2S. The molecule has 102 valence electrons. The van der Waals surface area contributed by atoms with Gasteiger partial charge in [-0.1, -0.05) is 35.4 Å². The van der Waals surface area contributed by atoms with Gasteiger partial charge in [0.05, 0.1) is 20.2 Å². The Kier molecular flexibility index (Phi) is 3.90. The van der Waals surface area contributed by atoms with Crippen molar-refractivity contribution in [2.45, 2.75) is 13.3 Å². The molecule has 0 unspecified atom stereocenters. The molecule has 0 aliphatic rings. The fourth-order valence-electron chi connectivity index (χ4n) is 2.05. The molecule has 0 fully saturated rings. The third-order valence-electron chi connectivity index (χ3n) is 3.13. The van der Waals surface area contributed by atoms with Gasteiger partial charge in [-0.25, -0.2) is 4.98 Å². The second-order valence-corrected chi connectivity index (χ2v) is 6.23. The lowest BCUT2D eigenvalue weighted by Gasteiger charge is -2.04. The van der Waals surface area contributed by atoms with Gasteiger partial charge in [0.25, 0.3) is 0 Å². The molecule has 2 nitrogen and oxygen atoms in total. The van der Waals surface area contributed by atoms with Gasteiger partial charge in [0.1, 0.15) is 0 Å². The average molecular weight is 303 g/mol. The zero-order valence-electron chi connectivity index (χ0n) is 11.2. The summed E-state index contributed by atoms with van der Waals surface area (Å²) in [6, 6.07) is 14.3. The van der Waals surface area contributed by atoms with Crippen LogP contribution in [0.3, 0.4) is 0 Å². The van der Waals surface area contributed by atoms with Crippen molar-refractivity contribution in [2.24, 2.45) is 0 Å². The highest BCUT2D eigenvalue weighted by Gasteiger charge is 2.06. The molecule has 0 aliphatic carbocycles. The van der Waals surface area contributed by atoms with E-state index in [4.69, 9.17) is 11.6 Å². The first kappa shape index (κ1) is 13.4. The number of anilines is 1. The van der Waals surface area contributed by atoms with Gasteiger partial charge in [0.15, 0.2) is 0 Å². The molecule has 0 bridgehead atoms. The van der Waals surface area contributed by atoms with Crippen molar-refractivity contribution in [2.75, 3.05) is 11.9 Å². The van der Waals surface area contributed by atoms with Crippen LogP contribution < -0.4 is 5.32 Å². The van der Waals surface area contributed by atoms with Crippen LogP contribution in [-0.2, 0) is 6.42 Å². The molecule has 0 aliphatic heterocycles. The largest absolute Gasteiger partial charge is 0.385 e. The van der Waals surface area contributed by atoms with Gasteiger partial charge in [-0.15, -0.1) is 11.3 Å². The fraction of sp³-hybridized carbons (Fsp3) is 0.188. The van der Waals surface area contributed by atoms with Crippen LogP contribution in [-0.4, -0.2) is 11.5 Å². The summed E-state index contributed by atoms with van der Waals surface area (Å²) >= 11 is 7.85. The van der Waals surface area contributed by atoms with Crippen LogP contribution in [0, 0.1) is 6.92 Å². The maximum atomic E-state index is 6.17. The third kappa shape index (κ3) is 2.94. The molecule has 0 radical (unpaired) electrons. The number of aromatic nitrogens is 1. The first-order valence-electron chi connectivity index (χ1n) is 6.57. The fourth-order valence-corrected chi connectivity index (χ4v) is 3.31. The summed E-state index contributed by atoms with van der Waals surface area (Å²) in [5.41, 5.74) is 3.42. The Hall–Kier alpha value is -1.58. The van der Waals surface area contributed by atoms with Gasteiger partial charge in [0, 0.05) is 18.7 Å². The Morgan fingerprint density at radius 3 is 2.70 bits per heavy atom. The summed E-state index contributed by atoms with van der Waals surface area (Å²) < 4.78 is 1.08. The smallest absolute Gasteiger partial charge is 0.0956 e. The van der Waals surface area contributed by atoms with Crippen LogP contribution in [0.15, 0.2) is 42.5 Å². The highest BCUT2D eigenvalue weighted by atomic mass is 35.5. The molecule has 0 saturated carbocycles. The SMILES string of the molecule is Cc1ccc(NCCc2nc3cccc(Cl)c3s2)cc1. The Labute approximate surface area is 127 Å². The zero-order valence-corrected chi connectivity index (χ0v) is 12.8. The van der Waals surface area contributed by atoms with Gasteiger partial charge < -0.3 is 5.32 Å². The molecule has 4 heteroatoms. The van der Waals surface area contributed by atoms with Gasteiger partial charge in [-0.2, -0.15) is 0 Å². The van der Waals surface area contributed by atoms with Crippen molar-refractivity contribution in [1.29, 1.82) is 0 Å². The number of nitrogens with zero attached hydrogens (tertiary/aromatic N) is 1. The van der Waals surface area contributed by atoms with E-state index >= 15 is 0 Å². The lowest BCUT2D eigenvalue weighted by Crippen LogP contribution is -2.04. The molecule has 1 N–H and O–H groups in total. The van der Waals surface area contributed by atoms with Crippen molar-refractivity contribution in [1.82, 2.24) is 4.98 Å². The van der Waals surface area contributed by atoms with Crippen molar-refractivity contribution < 1.29 is 0 Å². The number of fused-ring (bicyclic) bond motifs is 1. The maximum Gasteiger partial charge on any atom is 0.0956 e. The van der Waals surface area contributed by atoms with Crippen LogP contribution in [0.1, 0.15) is 10.6 Å². The summed E-state index contributed by atoms with van der Waals surface area (Å²) in [5, 5.41) is 5.32. The number of rotatable bonds is 4. The van der Waals surface area contributed by atoms with E-state index in [1.54, 1.807) is 11.3 Å². The van der Waals surface area contributed by atoms with Gasteiger partial charge >= 0.3 is 0 Å². The molecule has 1 heterocycles. The number of benzene rings is 2. The summed E-state index contributed by atoms with van der Waals surface area (Å²) in [6.45, 7) is 2.97. The second kappa shape index (κ2) is 5.81. The highest BCUT2D eigenvalue weighted by Crippen LogP contribution is 2.29. The van der Waals surface area contributed by atoms with Crippen molar-refractivity contribution in [3.63, 3.8) is 0 Å². The molecule has 3 rings (SSSR count). The summed E-state index contributed by atoms with van der Waals surface area (Å²) in [4.78, 5) is 4.61. The maximum absolute atomic E-state index is 6.17. The van der Waals surface area contributed by atoms with Crippen LogP contribution in [0.5, 0.6) is 0 Å². The molecule has 20 heavy (non-hydrogen) atoms. The highest BCUT2D eigenvalue weighted by molar-refractivity contribution is 7.19. The topological polar surface area (TPSA) is 24.9 Å². The normalized spacial score (nSPS) is 10.9. The number of hydrogen-bond donors (Lipinski definition) is 1. The lowest BCUT2D eigenvalue weighted by atomic mass is 10.2. The molecular weight excluding hydrogens is 288 g/mol. The van der Waals surface area contributed by atoms with E-state index in [1.165, 1.54) is 5.56 Å². The standard InChI is InChI=1S/C16H15ClN2S/c1-11-5-7-12(8-6-11)18-10-9-15-19-14-4-2-3-13(17)16(14)20-15/h2-8,18H,9-10H2,1H3. The molecule has 0 amide bonds. The van der Waals surface area contributed by atoms with Gasteiger partial charge in [0.2, 0.25) is 0 Å². The Morgan fingerprint density at radius 2 is 1.95 bits per heavy atom. The number of nitrogens with one attached hydrogen (secondary N) is 1. The van der Waals surface area contributed by atoms with E-state index in [-0.39, 0.29) is 0 Å². The minimum absolute atomic E-state index is 0.790. The predicted octanol–water partition coefficient (Wildman–Crippen LogP) is 4.91. The quantitative estimate of drug-likeness (QED) is 0.740. The van der Waals surface area contributed by atoms with Crippen LogP contribution in [0.2, 0.25) is 5.02 Å². The first-order valence-corrected chi connectivity index (χ1v) is 7.76. The van der Waals surface area contributed by atoms with Gasteiger partial charge in [-0.3, -0.25) is 0 Å². The molecule has 3 aromatic rings. The molecule has 0 saturated heterocycles. The number of hydrogen-bond acceptors (Lipinski definition) is 3.